The van der Waals surface area contributed by atoms with Crippen molar-refractivity contribution in [1.29, 1.82) is 0 Å². The summed E-state index contributed by atoms with van der Waals surface area (Å²) in [6, 6.07) is 0.607. The molecule has 0 saturated carbocycles. The number of hydrazine groups is 1. The average Bonchev–Trinajstić information content (AvgIpc) is 2.36. The first kappa shape index (κ1) is 13.2. The quantitative estimate of drug-likeness (QED) is 0.629. The van der Waals surface area contributed by atoms with Crippen LogP contribution >= 0.6 is 0 Å². The number of nitrogens with zero attached hydrogens (tertiary/aromatic N) is 3. The van der Waals surface area contributed by atoms with E-state index in [9.17, 15) is 0 Å². The molecule has 1 saturated heterocycles. The summed E-state index contributed by atoms with van der Waals surface area (Å²) in [6.45, 7) is 8.97. The molecule has 2 rings (SSSR count). The maximum atomic E-state index is 5.28. The average molecular weight is 249 g/mol. The lowest BCUT2D eigenvalue weighted by Crippen LogP contribution is -2.45. The summed E-state index contributed by atoms with van der Waals surface area (Å²) in [7, 11) is 0. The predicted molar refractivity (Wildman–Crippen MR) is 72.7 cm³/mol. The molecule has 18 heavy (non-hydrogen) atoms. The summed E-state index contributed by atoms with van der Waals surface area (Å²) < 4.78 is 0. The maximum Gasteiger partial charge on any atom is 0.158 e. The van der Waals surface area contributed by atoms with E-state index >= 15 is 0 Å². The molecule has 3 N–H and O–H groups in total. The number of anilines is 1. The number of likely N-dealkylation sites (tertiary alicyclic amines) is 1. The van der Waals surface area contributed by atoms with E-state index in [0.717, 1.165) is 30.6 Å². The normalized spacial score (nSPS) is 29.2. The van der Waals surface area contributed by atoms with E-state index < -0.39 is 0 Å². The molecule has 2 heterocycles. The van der Waals surface area contributed by atoms with Crippen LogP contribution in [0.3, 0.4) is 0 Å². The minimum absolute atomic E-state index is 0.604. The third-order valence-electron chi connectivity index (χ3n) is 3.94. The van der Waals surface area contributed by atoms with Crippen LogP contribution in [0.1, 0.15) is 32.9 Å². The van der Waals surface area contributed by atoms with Crippen molar-refractivity contribution in [1.82, 2.24) is 14.9 Å². The van der Waals surface area contributed by atoms with E-state index in [1.807, 2.05) is 0 Å². The highest BCUT2D eigenvalue weighted by atomic mass is 15.3. The Balaban J connectivity index is 2.02. The van der Waals surface area contributed by atoms with E-state index in [4.69, 9.17) is 5.84 Å². The van der Waals surface area contributed by atoms with Gasteiger partial charge in [-0.05, 0) is 25.2 Å². The lowest BCUT2D eigenvalue weighted by Gasteiger charge is -2.40. The van der Waals surface area contributed by atoms with Crippen molar-refractivity contribution in [2.75, 3.05) is 12.0 Å². The van der Waals surface area contributed by atoms with Crippen LogP contribution in [-0.2, 0) is 6.54 Å². The van der Waals surface area contributed by atoms with Gasteiger partial charge in [0.2, 0.25) is 0 Å². The smallest absolute Gasteiger partial charge is 0.158 e. The van der Waals surface area contributed by atoms with Crippen LogP contribution in [0.2, 0.25) is 0 Å². The molecular weight excluding hydrogens is 226 g/mol. The molecule has 1 fully saturated rings. The fourth-order valence-electron chi connectivity index (χ4n) is 2.76. The molecule has 3 atom stereocenters. The van der Waals surface area contributed by atoms with Crippen molar-refractivity contribution in [3.05, 3.63) is 18.1 Å². The van der Waals surface area contributed by atoms with Crippen LogP contribution in [0.4, 0.5) is 5.82 Å². The van der Waals surface area contributed by atoms with Crippen molar-refractivity contribution < 1.29 is 0 Å². The van der Waals surface area contributed by atoms with Crippen LogP contribution < -0.4 is 11.3 Å². The number of nitrogens with one attached hydrogen (secondary N) is 1. The van der Waals surface area contributed by atoms with Gasteiger partial charge in [0.25, 0.3) is 0 Å². The number of piperidine rings is 1. The van der Waals surface area contributed by atoms with Gasteiger partial charge in [-0.1, -0.05) is 13.8 Å². The Bertz CT molecular complexity index is 377. The van der Waals surface area contributed by atoms with Gasteiger partial charge in [-0.2, -0.15) is 0 Å². The van der Waals surface area contributed by atoms with Gasteiger partial charge in [-0.25, -0.2) is 10.8 Å². The van der Waals surface area contributed by atoms with Crippen LogP contribution in [0.15, 0.2) is 12.4 Å². The van der Waals surface area contributed by atoms with E-state index in [-0.39, 0.29) is 0 Å². The van der Waals surface area contributed by atoms with E-state index in [1.165, 1.54) is 6.42 Å². The molecule has 5 nitrogen and oxygen atoms in total. The number of rotatable bonds is 3. The van der Waals surface area contributed by atoms with Crippen LogP contribution in [0.25, 0.3) is 0 Å². The Labute approximate surface area is 109 Å². The van der Waals surface area contributed by atoms with Gasteiger partial charge in [-0.3, -0.25) is 9.88 Å². The molecule has 1 aromatic heterocycles. The van der Waals surface area contributed by atoms with Crippen LogP contribution in [0, 0.1) is 11.8 Å². The summed E-state index contributed by atoms with van der Waals surface area (Å²) >= 11 is 0. The van der Waals surface area contributed by atoms with E-state index in [0.29, 0.717) is 11.9 Å². The van der Waals surface area contributed by atoms with E-state index in [1.54, 1.807) is 12.4 Å². The summed E-state index contributed by atoms with van der Waals surface area (Å²) in [4.78, 5) is 11.1. The van der Waals surface area contributed by atoms with Gasteiger partial charge in [0, 0.05) is 19.1 Å². The third kappa shape index (κ3) is 2.97. The molecule has 1 aromatic rings. The minimum Gasteiger partial charge on any atom is -0.307 e. The number of hydrogen-bond acceptors (Lipinski definition) is 5. The van der Waals surface area contributed by atoms with Gasteiger partial charge in [0.15, 0.2) is 5.82 Å². The fourth-order valence-corrected chi connectivity index (χ4v) is 2.76. The number of nitrogens with two attached hydrogens (primary N) is 1. The van der Waals surface area contributed by atoms with Crippen LogP contribution in [0.5, 0.6) is 0 Å². The highest BCUT2D eigenvalue weighted by Gasteiger charge is 2.28. The Hall–Kier alpha value is -1.20. The molecule has 1 aliphatic rings. The topological polar surface area (TPSA) is 67.1 Å². The van der Waals surface area contributed by atoms with E-state index in [2.05, 4.69) is 41.1 Å². The number of nitrogen functional groups attached to an aromatic ring is 1. The Morgan fingerprint density at radius 3 is 2.72 bits per heavy atom. The molecule has 5 heteroatoms. The molecule has 0 spiro atoms. The second kappa shape index (κ2) is 5.63. The summed E-state index contributed by atoms with van der Waals surface area (Å²) in [5, 5.41) is 0. The Morgan fingerprint density at radius 1 is 1.33 bits per heavy atom. The largest absolute Gasteiger partial charge is 0.307 e. The first-order valence-corrected chi connectivity index (χ1v) is 6.61. The summed E-state index contributed by atoms with van der Waals surface area (Å²) in [5.41, 5.74) is 3.50. The molecule has 1 aliphatic heterocycles. The van der Waals surface area contributed by atoms with Crippen LogP contribution in [-0.4, -0.2) is 27.5 Å². The SMILES string of the molecule is CC1CC(C)C(C)N(Cc2cnc(NN)cn2)C1. The lowest BCUT2D eigenvalue weighted by atomic mass is 9.86. The second-order valence-electron chi connectivity index (χ2n) is 5.53. The third-order valence-corrected chi connectivity index (χ3v) is 3.94. The number of aromatic nitrogens is 2. The summed E-state index contributed by atoms with van der Waals surface area (Å²) in [6.07, 6.45) is 4.79. The van der Waals surface area contributed by atoms with Gasteiger partial charge >= 0.3 is 0 Å². The molecule has 0 aromatic carbocycles. The van der Waals surface area contributed by atoms with Crippen molar-refractivity contribution in [2.24, 2.45) is 17.7 Å². The zero-order valence-electron chi connectivity index (χ0n) is 11.4. The highest BCUT2D eigenvalue weighted by molar-refractivity contribution is 5.28. The fraction of sp³-hybridized carbons (Fsp3) is 0.692. The first-order chi connectivity index (χ1) is 8.60. The standard InChI is InChI=1S/C13H23N5/c1-9-4-10(2)11(3)18(7-9)8-12-5-16-13(17-14)6-15-12/h5-6,9-11H,4,7-8,14H2,1-3H3,(H,16,17). The van der Waals surface area contributed by atoms with Crippen molar-refractivity contribution in [3.8, 4) is 0 Å². The molecule has 100 valence electrons. The van der Waals surface area contributed by atoms with Gasteiger partial charge in [0.05, 0.1) is 18.1 Å². The van der Waals surface area contributed by atoms with Crippen molar-refractivity contribution >= 4 is 5.82 Å². The molecule has 0 bridgehead atoms. The molecule has 3 unspecified atom stereocenters. The van der Waals surface area contributed by atoms with Gasteiger partial charge in [-0.15, -0.1) is 0 Å². The highest BCUT2D eigenvalue weighted by Crippen LogP contribution is 2.27. The second-order valence-corrected chi connectivity index (χ2v) is 5.53. The zero-order chi connectivity index (χ0) is 13.1. The predicted octanol–water partition coefficient (Wildman–Crippen LogP) is 1.63. The van der Waals surface area contributed by atoms with Gasteiger partial charge in [0.1, 0.15) is 0 Å². The maximum absolute atomic E-state index is 5.28. The molecule has 0 aliphatic carbocycles. The first-order valence-electron chi connectivity index (χ1n) is 6.61. The minimum atomic E-state index is 0.604. The monoisotopic (exact) mass is 249 g/mol. The molecule has 0 amide bonds. The Kier molecular flexibility index (Phi) is 4.14. The Morgan fingerprint density at radius 2 is 2.11 bits per heavy atom. The zero-order valence-corrected chi connectivity index (χ0v) is 11.4. The molecule has 0 radical (unpaired) electrons. The van der Waals surface area contributed by atoms with Crippen molar-refractivity contribution in [2.45, 2.75) is 39.8 Å². The van der Waals surface area contributed by atoms with Gasteiger partial charge < -0.3 is 5.43 Å². The number of hydrogen-bond donors (Lipinski definition) is 2. The van der Waals surface area contributed by atoms with Crippen molar-refractivity contribution in [3.63, 3.8) is 0 Å². The summed E-state index contributed by atoms with van der Waals surface area (Å²) in [5.74, 6) is 7.38. The lowest BCUT2D eigenvalue weighted by molar-refractivity contribution is 0.0717. The molecular formula is C13H23N5.